The smallest absolute Gasteiger partial charge is 0.335 e. The van der Waals surface area contributed by atoms with Gasteiger partial charge in [-0.1, -0.05) is 0 Å². The topological polar surface area (TPSA) is 78.4 Å². The van der Waals surface area contributed by atoms with Gasteiger partial charge in [0.15, 0.2) is 0 Å². The molecular weight excluding hydrogens is 256 g/mol. The Bertz CT molecular complexity index is 641. The quantitative estimate of drug-likeness (QED) is 0.889. The molecule has 0 saturated carbocycles. The molecule has 0 saturated heterocycles. The summed E-state index contributed by atoms with van der Waals surface area (Å²) in [5, 5.41) is 12.1. The van der Waals surface area contributed by atoms with Gasteiger partial charge in [-0.2, -0.15) is 4.98 Å². The van der Waals surface area contributed by atoms with Crippen LogP contribution in [0.3, 0.4) is 0 Å². The van der Waals surface area contributed by atoms with E-state index in [0.29, 0.717) is 22.9 Å². The van der Waals surface area contributed by atoms with Crippen LogP contribution in [0.2, 0.25) is 0 Å². The van der Waals surface area contributed by atoms with E-state index < -0.39 is 5.97 Å². The molecule has 6 nitrogen and oxygen atoms in total. The van der Waals surface area contributed by atoms with Crippen LogP contribution in [0, 0.1) is 6.92 Å². The summed E-state index contributed by atoms with van der Waals surface area (Å²) in [6.07, 6.45) is 1.67. The largest absolute Gasteiger partial charge is 0.478 e. The Balaban J connectivity index is 2.24. The van der Waals surface area contributed by atoms with Crippen molar-refractivity contribution in [1.29, 1.82) is 0 Å². The summed E-state index contributed by atoms with van der Waals surface area (Å²) in [5.41, 5.74) is 1.78. The van der Waals surface area contributed by atoms with Crippen molar-refractivity contribution in [2.24, 2.45) is 0 Å². The number of aromatic carboxylic acids is 1. The molecule has 0 spiro atoms. The van der Waals surface area contributed by atoms with Crippen LogP contribution >= 0.6 is 0 Å². The number of carbonyl (C=O) groups is 1. The van der Waals surface area contributed by atoms with E-state index in [1.165, 1.54) is 0 Å². The number of aryl methyl sites for hydroxylation is 1. The number of anilines is 3. The van der Waals surface area contributed by atoms with Gasteiger partial charge in [0, 0.05) is 26.0 Å². The first kappa shape index (κ1) is 13.8. The zero-order valence-corrected chi connectivity index (χ0v) is 11.6. The van der Waals surface area contributed by atoms with E-state index in [1.807, 2.05) is 19.0 Å². The molecule has 0 unspecified atom stereocenters. The normalized spacial score (nSPS) is 10.2. The summed E-state index contributed by atoms with van der Waals surface area (Å²) < 4.78 is 0. The Morgan fingerprint density at radius 2 is 2.05 bits per heavy atom. The summed E-state index contributed by atoms with van der Waals surface area (Å²) >= 11 is 0. The van der Waals surface area contributed by atoms with Gasteiger partial charge in [-0.15, -0.1) is 0 Å². The number of carboxylic acids is 1. The predicted octanol–water partition coefficient (Wildman–Crippen LogP) is 2.29. The maximum absolute atomic E-state index is 11.0. The Morgan fingerprint density at radius 3 is 2.65 bits per heavy atom. The van der Waals surface area contributed by atoms with E-state index in [4.69, 9.17) is 5.11 Å². The highest BCUT2D eigenvalue weighted by atomic mass is 16.4. The van der Waals surface area contributed by atoms with Crippen LogP contribution in [0.1, 0.15) is 15.9 Å². The Labute approximate surface area is 117 Å². The van der Waals surface area contributed by atoms with Crippen LogP contribution in [-0.2, 0) is 0 Å². The second-order valence-electron chi connectivity index (χ2n) is 4.60. The molecule has 0 amide bonds. The fraction of sp³-hybridized carbons (Fsp3) is 0.214. The Morgan fingerprint density at radius 1 is 1.30 bits per heavy atom. The van der Waals surface area contributed by atoms with E-state index in [2.05, 4.69) is 15.3 Å². The molecule has 104 valence electrons. The lowest BCUT2D eigenvalue weighted by Gasteiger charge is -2.12. The number of rotatable bonds is 4. The van der Waals surface area contributed by atoms with E-state index in [-0.39, 0.29) is 0 Å². The maximum atomic E-state index is 11.0. The first-order valence-corrected chi connectivity index (χ1v) is 6.08. The molecular formula is C14H16N4O2. The molecule has 20 heavy (non-hydrogen) atoms. The van der Waals surface area contributed by atoms with Crippen LogP contribution < -0.4 is 10.2 Å². The third kappa shape index (κ3) is 3.03. The lowest BCUT2D eigenvalue weighted by molar-refractivity contribution is 0.0696. The summed E-state index contributed by atoms with van der Waals surface area (Å²) in [7, 11) is 3.73. The number of hydrogen-bond donors (Lipinski definition) is 2. The number of nitrogens with one attached hydrogen (secondary N) is 1. The Hall–Kier alpha value is -2.63. The van der Waals surface area contributed by atoms with E-state index in [0.717, 1.165) is 5.69 Å². The molecule has 0 radical (unpaired) electrons. The predicted molar refractivity (Wildman–Crippen MR) is 77.8 cm³/mol. The fourth-order valence-corrected chi connectivity index (χ4v) is 1.76. The minimum atomic E-state index is -0.925. The van der Waals surface area contributed by atoms with Crippen LogP contribution in [0.5, 0.6) is 0 Å². The van der Waals surface area contributed by atoms with Gasteiger partial charge in [0.25, 0.3) is 0 Å². The first-order valence-electron chi connectivity index (χ1n) is 6.08. The van der Waals surface area contributed by atoms with Crippen molar-refractivity contribution < 1.29 is 9.90 Å². The van der Waals surface area contributed by atoms with Gasteiger partial charge < -0.3 is 15.3 Å². The number of hydrogen-bond acceptors (Lipinski definition) is 5. The van der Waals surface area contributed by atoms with Crippen molar-refractivity contribution >= 4 is 23.4 Å². The van der Waals surface area contributed by atoms with Crippen LogP contribution in [0.25, 0.3) is 0 Å². The average molecular weight is 272 g/mol. The average Bonchev–Trinajstić information content (AvgIpc) is 2.38. The number of benzene rings is 1. The molecule has 1 heterocycles. The van der Waals surface area contributed by atoms with Gasteiger partial charge >= 0.3 is 5.97 Å². The van der Waals surface area contributed by atoms with Crippen LogP contribution in [-0.4, -0.2) is 35.1 Å². The van der Waals surface area contributed by atoms with Gasteiger partial charge in [0.1, 0.15) is 5.82 Å². The highest BCUT2D eigenvalue weighted by Crippen LogP contribution is 2.19. The molecule has 6 heteroatoms. The van der Waals surface area contributed by atoms with Gasteiger partial charge in [-0.05, 0) is 36.8 Å². The number of aromatic nitrogens is 2. The maximum Gasteiger partial charge on any atom is 0.335 e. The molecule has 0 aliphatic heterocycles. The summed E-state index contributed by atoms with van der Waals surface area (Å²) in [6.45, 7) is 1.76. The lowest BCUT2D eigenvalue weighted by atomic mass is 10.1. The molecule has 0 aliphatic rings. The highest BCUT2D eigenvalue weighted by molar-refractivity contribution is 5.90. The third-order valence-electron chi connectivity index (χ3n) is 2.77. The molecule has 2 N–H and O–H groups in total. The Kier molecular flexibility index (Phi) is 3.84. The van der Waals surface area contributed by atoms with Gasteiger partial charge in [0.2, 0.25) is 5.95 Å². The van der Waals surface area contributed by atoms with Crippen molar-refractivity contribution in [3.63, 3.8) is 0 Å². The van der Waals surface area contributed by atoms with Crippen molar-refractivity contribution in [3.05, 3.63) is 41.6 Å². The number of nitrogens with zero attached hydrogens (tertiary/aromatic N) is 3. The van der Waals surface area contributed by atoms with Gasteiger partial charge in [-0.3, -0.25) is 0 Å². The monoisotopic (exact) mass is 272 g/mol. The zero-order valence-electron chi connectivity index (χ0n) is 11.6. The molecule has 1 aromatic carbocycles. The second-order valence-corrected chi connectivity index (χ2v) is 4.60. The van der Waals surface area contributed by atoms with E-state index in [9.17, 15) is 4.79 Å². The molecule has 0 bridgehead atoms. The minimum Gasteiger partial charge on any atom is -0.478 e. The van der Waals surface area contributed by atoms with Crippen molar-refractivity contribution in [3.8, 4) is 0 Å². The molecule has 0 fully saturated rings. The summed E-state index contributed by atoms with van der Waals surface area (Å²) in [6, 6.07) is 6.83. The number of carboxylic acid groups (broad SMARTS) is 1. The van der Waals surface area contributed by atoms with Crippen molar-refractivity contribution in [2.75, 3.05) is 24.3 Å². The molecule has 0 atom stereocenters. The molecule has 0 aliphatic carbocycles. The standard InChI is InChI=1S/C14H16N4O2/c1-9-8-10(4-5-11(9)13(19)20)16-12-6-7-15-14(17-12)18(2)3/h4-8H,1-3H3,(H,19,20)(H,15,16,17). The van der Waals surface area contributed by atoms with Crippen molar-refractivity contribution in [2.45, 2.75) is 6.92 Å². The second kappa shape index (κ2) is 5.56. The molecule has 2 rings (SSSR count). The highest BCUT2D eigenvalue weighted by Gasteiger charge is 2.08. The molecule has 1 aromatic heterocycles. The van der Waals surface area contributed by atoms with Crippen LogP contribution in [0.15, 0.2) is 30.5 Å². The third-order valence-corrected chi connectivity index (χ3v) is 2.77. The van der Waals surface area contributed by atoms with Crippen LogP contribution in [0.4, 0.5) is 17.5 Å². The van der Waals surface area contributed by atoms with E-state index in [1.54, 1.807) is 37.4 Å². The minimum absolute atomic E-state index is 0.298. The van der Waals surface area contributed by atoms with Gasteiger partial charge in [-0.25, -0.2) is 9.78 Å². The molecule has 2 aromatic rings. The fourth-order valence-electron chi connectivity index (χ4n) is 1.76. The lowest BCUT2D eigenvalue weighted by Crippen LogP contribution is -2.13. The zero-order chi connectivity index (χ0) is 14.7. The van der Waals surface area contributed by atoms with Gasteiger partial charge in [0.05, 0.1) is 5.56 Å². The van der Waals surface area contributed by atoms with E-state index >= 15 is 0 Å². The summed E-state index contributed by atoms with van der Waals surface area (Å²) in [5.74, 6) is 0.339. The summed E-state index contributed by atoms with van der Waals surface area (Å²) in [4.78, 5) is 21.2. The SMILES string of the molecule is Cc1cc(Nc2ccnc(N(C)C)n2)ccc1C(=O)O. The first-order chi connectivity index (χ1) is 9.47. The van der Waals surface area contributed by atoms with Crippen molar-refractivity contribution in [1.82, 2.24) is 9.97 Å².